The number of Topliss-reactive ketones (excluding diaryl/α,β-unsaturated/α-hetero) is 1. The summed E-state index contributed by atoms with van der Waals surface area (Å²) in [6, 6.07) is 3.82. The van der Waals surface area contributed by atoms with Crippen LogP contribution in [0.4, 0.5) is 17.6 Å². The highest BCUT2D eigenvalue weighted by atomic mass is 19.4. The van der Waals surface area contributed by atoms with Crippen molar-refractivity contribution in [1.29, 1.82) is 5.41 Å². The minimum absolute atomic E-state index is 0.00456. The number of alkyl halides is 3. The van der Waals surface area contributed by atoms with Crippen molar-refractivity contribution in [2.75, 3.05) is 27.3 Å². The summed E-state index contributed by atoms with van der Waals surface area (Å²) in [7, 11) is 2.55. The predicted octanol–water partition coefficient (Wildman–Crippen LogP) is 4.07. The lowest BCUT2D eigenvalue weighted by atomic mass is 9.83. The van der Waals surface area contributed by atoms with E-state index < -0.39 is 66.4 Å². The van der Waals surface area contributed by atoms with Gasteiger partial charge in [0.1, 0.15) is 18.1 Å². The number of esters is 1. The van der Waals surface area contributed by atoms with Crippen LogP contribution in [0.15, 0.2) is 18.2 Å². The summed E-state index contributed by atoms with van der Waals surface area (Å²) >= 11 is 0. The zero-order valence-corrected chi connectivity index (χ0v) is 24.8. The number of carbonyl (C=O) groups is 4. The molecule has 11 nitrogen and oxygen atoms in total. The van der Waals surface area contributed by atoms with Crippen molar-refractivity contribution in [1.82, 2.24) is 9.80 Å². The molecule has 15 heteroatoms. The summed E-state index contributed by atoms with van der Waals surface area (Å²) < 4.78 is 69.9. The number of amides is 1. The van der Waals surface area contributed by atoms with Gasteiger partial charge in [0.15, 0.2) is 23.1 Å². The fraction of sp³-hybridized carbons (Fsp3) is 0.414. The topological polar surface area (TPSA) is 147 Å². The van der Waals surface area contributed by atoms with E-state index in [0.717, 1.165) is 17.9 Å². The molecule has 1 amide bonds. The first-order valence-electron chi connectivity index (χ1n) is 13.0. The molecular weight excluding hydrogens is 594 g/mol. The summed E-state index contributed by atoms with van der Waals surface area (Å²) in [5, 5.41) is 17.8. The van der Waals surface area contributed by atoms with Crippen molar-refractivity contribution in [2.24, 2.45) is 0 Å². The first-order chi connectivity index (χ1) is 20.3. The molecule has 2 N–H and O–H groups in total. The number of benzene rings is 2. The maximum atomic E-state index is 15.2. The molecule has 0 aliphatic carbocycles. The Balaban J connectivity index is 2.10. The number of rotatable bonds is 10. The second kappa shape index (κ2) is 12.5. The number of nitrogens with zero attached hydrogens (tertiary/aromatic N) is 2. The van der Waals surface area contributed by atoms with Crippen molar-refractivity contribution in [2.45, 2.75) is 52.4 Å². The first-order valence-corrected chi connectivity index (χ1v) is 13.0. The molecule has 2 aromatic carbocycles. The van der Waals surface area contributed by atoms with Crippen molar-refractivity contribution < 1.29 is 56.1 Å². The minimum atomic E-state index is -5.38. The molecule has 0 unspecified atom stereocenters. The van der Waals surface area contributed by atoms with Gasteiger partial charge in [0.2, 0.25) is 5.91 Å². The molecule has 1 aliphatic rings. The van der Waals surface area contributed by atoms with Crippen LogP contribution in [0, 0.1) is 11.2 Å². The third kappa shape index (κ3) is 7.09. The second-order valence-electron chi connectivity index (χ2n) is 11.0. The molecule has 1 aliphatic heterocycles. The largest absolute Gasteiger partial charge is 0.493 e. The van der Waals surface area contributed by atoms with Gasteiger partial charge in [0, 0.05) is 36.7 Å². The van der Waals surface area contributed by atoms with Crippen molar-refractivity contribution >= 4 is 29.5 Å². The molecule has 0 atom stereocenters. The number of halogens is 4. The lowest BCUT2D eigenvalue weighted by Crippen LogP contribution is -2.35. The molecule has 0 radical (unpaired) electrons. The number of methoxy groups -OCH3 is 2. The van der Waals surface area contributed by atoms with Gasteiger partial charge in [-0.05, 0) is 29.2 Å². The Morgan fingerprint density at radius 2 is 1.68 bits per heavy atom. The van der Waals surface area contributed by atoms with Crippen LogP contribution in [0.1, 0.15) is 60.3 Å². The van der Waals surface area contributed by atoms with Gasteiger partial charge in [-0.2, -0.15) is 13.2 Å². The van der Waals surface area contributed by atoms with Gasteiger partial charge in [0.05, 0.1) is 26.3 Å². The van der Waals surface area contributed by atoms with E-state index in [1.807, 2.05) is 0 Å². The summed E-state index contributed by atoms with van der Waals surface area (Å²) in [6.07, 6.45) is -5.38. The maximum absolute atomic E-state index is 15.2. The van der Waals surface area contributed by atoms with E-state index in [0.29, 0.717) is 5.56 Å². The minimum Gasteiger partial charge on any atom is -0.493 e. The highest BCUT2D eigenvalue weighted by Gasteiger charge is 2.43. The van der Waals surface area contributed by atoms with Crippen LogP contribution < -0.4 is 14.2 Å². The zero-order valence-electron chi connectivity index (χ0n) is 24.8. The van der Waals surface area contributed by atoms with Gasteiger partial charge < -0.3 is 29.1 Å². The smallest absolute Gasteiger partial charge is 0.491 e. The number of hydrogen-bond donors (Lipinski definition) is 2. The van der Waals surface area contributed by atoms with Crippen LogP contribution in [0.2, 0.25) is 0 Å². The number of amidine groups is 1. The van der Waals surface area contributed by atoms with E-state index in [-0.39, 0.29) is 46.1 Å². The maximum Gasteiger partial charge on any atom is 0.491 e. The first kappa shape index (κ1) is 33.8. The zero-order chi connectivity index (χ0) is 33.3. The Kier molecular flexibility index (Phi) is 9.61. The summed E-state index contributed by atoms with van der Waals surface area (Å²) in [6.45, 7) is 3.85. The molecule has 238 valence electrons. The third-order valence-electron chi connectivity index (χ3n) is 6.80. The quantitative estimate of drug-likeness (QED) is 0.173. The Morgan fingerprint density at radius 3 is 2.18 bits per heavy atom. The lowest BCUT2D eigenvalue weighted by Gasteiger charge is -2.28. The fourth-order valence-corrected chi connectivity index (χ4v) is 4.67. The van der Waals surface area contributed by atoms with E-state index in [1.165, 1.54) is 31.3 Å². The highest BCUT2D eigenvalue weighted by molar-refractivity contribution is 6.06. The van der Waals surface area contributed by atoms with Crippen LogP contribution in [0.3, 0.4) is 0 Å². The van der Waals surface area contributed by atoms with E-state index in [2.05, 4.69) is 0 Å². The van der Waals surface area contributed by atoms with Gasteiger partial charge in [-0.25, -0.2) is 9.18 Å². The molecule has 0 fully saturated rings. The standard InChI is InChI=1S/C29H31F4N3O8/c1-14(37)35(13-21(39)40)11-17-7-15(8-18(28(2,3)4)24(17)44-27(41)29(31,32)33)19(38)12-36-10-16-9-20(42-5)25(43-6)23(30)22(16)26(36)34/h7-9,34H,10-13H2,1-6H3,(H,39,40). The molecule has 0 saturated heterocycles. The summed E-state index contributed by atoms with van der Waals surface area (Å²) in [4.78, 5) is 51.1. The molecular formula is C29H31F4N3O8. The molecule has 1 heterocycles. The number of hydrogen-bond acceptors (Lipinski definition) is 8. The van der Waals surface area contributed by atoms with Gasteiger partial charge in [0.25, 0.3) is 0 Å². The molecule has 0 spiro atoms. The van der Waals surface area contributed by atoms with Crippen LogP contribution in [0.5, 0.6) is 17.2 Å². The highest BCUT2D eigenvalue weighted by Crippen LogP contribution is 2.40. The number of carboxylic acids is 1. The predicted molar refractivity (Wildman–Crippen MR) is 147 cm³/mol. The normalized spacial score (nSPS) is 13.0. The van der Waals surface area contributed by atoms with E-state index >= 15 is 4.39 Å². The molecule has 0 aromatic heterocycles. The number of carbonyl (C=O) groups excluding carboxylic acids is 3. The third-order valence-corrected chi connectivity index (χ3v) is 6.80. The number of nitrogens with one attached hydrogen (secondary N) is 1. The average molecular weight is 626 g/mol. The van der Waals surface area contributed by atoms with Crippen LogP contribution in [-0.4, -0.2) is 77.9 Å². The van der Waals surface area contributed by atoms with Crippen LogP contribution >= 0.6 is 0 Å². The van der Waals surface area contributed by atoms with Gasteiger partial charge in [-0.15, -0.1) is 0 Å². The SMILES string of the molecule is COc1cc2c(c(F)c1OC)C(=N)N(CC(=O)c1cc(CN(CC(=O)O)C(C)=O)c(OC(=O)C(F)(F)F)c(C(C)(C)C)c1)C2. The molecule has 2 aromatic rings. The van der Waals surface area contributed by atoms with Crippen LogP contribution in [0.25, 0.3) is 0 Å². The molecule has 44 heavy (non-hydrogen) atoms. The average Bonchev–Trinajstić information content (AvgIpc) is 3.21. The molecule has 0 saturated carbocycles. The lowest BCUT2D eigenvalue weighted by molar-refractivity contribution is -0.189. The van der Waals surface area contributed by atoms with E-state index in [4.69, 9.17) is 19.6 Å². The van der Waals surface area contributed by atoms with E-state index in [1.54, 1.807) is 20.8 Å². The second-order valence-corrected chi connectivity index (χ2v) is 11.0. The van der Waals surface area contributed by atoms with Gasteiger partial charge in [-0.1, -0.05) is 20.8 Å². The Hall–Kier alpha value is -4.69. The van der Waals surface area contributed by atoms with Crippen LogP contribution in [-0.2, 0) is 32.9 Å². The van der Waals surface area contributed by atoms with E-state index in [9.17, 15) is 37.5 Å². The Morgan fingerprint density at radius 1 is 1.05 bits per heavy atom. The van der Waals surface area contributed by atoms with Crippen molar-refractivity contribution in [3.8, 4) is 17.2 Å². The fourth-order valence-electron chi connectivity index (χ4n) is 4.67. The van der Waals surface area contributed by atoms with Crippen molar-refractivity contribution in [3.05, 3.63) is 51.8 Å². The Bertz CT molecular complexity index is 1530. The number of aliphatic carboxylic acids is 1. The number of ether oxygens (including phenoxy) is 3. The molecule has 3 rings (SSSR count). The monoisotopic (exact) mass is 625 g/mol. The Labute approximate surface area is 249 Å². The summed E-state index contributed by atoms with van der Waals surface area (Å²) in [5.74, 6) is -7.22. The number of fused-ring (bicyclic) bond motifs is 1. The van der Waals surface area contributed by atoms with Gasteiger partial charge >= 0.3 is 18.1 Å². The summed E-state index contributed by atoms with van der Waals surface area (Å²) in [5.41, 5.74) is -1.08. The van der Waals surface area contributed by atoms with Gasteiger partial charge in [-0.3, -0.25) is 19.8 Å². The number of carboxylic acid groups (broad SMARTS) is 1. The molecule has 0 bridgehead atoms. The van der Waals surface area contributed by atoms with Crippen molar-refractivity contribution in [3.63, 3.8) is 0 Å². The number of ketones is 1.